The van der Waals surface area contributed by atoms with Crippen LogP contribution in [0.5, 0.6) is 11.5 Å². The van der Waals surface area contributed by atoms with E-state index in [1.807, 2.05) is 62.4 Å². The molecule has 0 bridgehead atoms. The van der Waals surface area contributed by atoms with Crippen LogP contribution in [0.25, 0.3) is 0 Å². The first-order valence-electron chi connectivity index (χ1n) is 8.03. The van der Waals surface area contributed by atoms with E-state index in [0.29, 0.717) is 6.61 Å². The smallest absolute Gasteiger partial charge is 0.239 e. The predicted molar refractivity (Wildman–Crippen MR) is 95.7 cm³/mol. The minimum absolute atomic E-state index is 0.0812. The molecule has 2 rings (SSSR count). The van der Waals surface area contributed by atoms with Crippen molar-refractivity contribution in [2.24, 2.45) is 0 Å². The maximum absolute atomic E-state index is 12.1. The zero-order valence-electron chi connectivity index (χ0n) is 14.3. The van der Waals surface area contributed by atoms with E-state index in [1.165, 1.54) is 0 Å². The van der Waals surface area contributed by atoms with Gasteiger partial charge in [0.1, 0.15) is 11.5 Å². The number of carbonyl (C=O) groups is 1. The van der Waals surface area contributed by atoms with Crippen molar-refractivity contribution in [3.05, 3.63) is 54.1 Å². The number of nitrogens with one attached hydrogen (secondary N) is 2. The summed E-state index contributed by atoms with van der Waals surface area (Å²) >= 11 is 0. The normalized spacial score (nSPS) is 11.5. The van der Waals surface area contributed by atoms with Gasteiger partial charge in [-0.3, -0.25) is 4.79 Å². The van der Waals surface area contributed by atoms with Gasteiger partial charge in [0.05, 0.1) is 26.3 Å². The number of carbonyl (C=O) groups excluding carboxylic acids is 1. The van der Waals surface area contributed by atoms with Gasteiger partial charge in [0.2, 0.25) is 5.91 Å². The van der Waals surface area contributed by atoms with E-state index in [2.05, 4.69) is 10.6 Å². The summed E-state index contributed by atoms with van der Waals surface area (Å²) in [7, 11) is 1.63. The molecule has 2 N–H and O–H groups in total. The minimum Gasteiger partial charge on any atom is -0.496 e. The Morgan fingerprint density at radius 3 is 2.50 bits per heavy atom. The Bertz CT molecular complexity index is 656. The Kier molecular flexibility index (Phi) is 6.49. The van der Waals surface area contributed by atoms with Gasteiger partial charge < -0.3 is 20.1 Å². The number of ether oxygens (including phenoxy) is 2. The summed E-state index contributed by atoms with van der Waals surface area (Å²) < 4.78 is 10.7. The molecule has 0 spiro atoms. The second-order valence-electron chi connectivity index (χ2n) is 5.34. The zero-order chi connectivity index (χ0) is 17.4. The maximum atomic E-state index is 12.1. The summed E-state index contributed by atoms with van der Waals surface area (Å²) in [5.41, 5.74) is 1.83. The van der Waals surface area contributed by atoms with Crippen molar-refractivity contribution in [1.29, 1.82) is 0 Å². The Balaban J connectivity index is 1.86. The summed E-state index contributed by atoms with van der Waals surface area (Å²) in [5.74, 6) is 1.50. The van der Waals surface area contributed by atoms with Gasteiger partial charge in [-0.15, -0.1) is 0 Å². The largest absolute Gasteiger partial charge is 0.496 e. The fourth-order valence-electron chi connectivity index (χ4n) is 2.41. The number of hydrogen-bond acceptors (Lipinski definition) is 4. The molecule has 0 saturated carbocycles. The van der Waals surface area contributed by atoms with Crippen LogP contribution in [0, 0.1) is 0 Å². The van der Waals surface area contributed by atoms with Gasteiger partial charge in [-0.2, -0.15) is 0 Å². The lowest BCUT2D eigenvalue weighted by atomic mass is 10.1. The van der Waals surface area contributed by atoms with Gasteiger partial charge in [0.15, 0.2) is 0 Å². The highest BCUT2D eigenvalue weighted by Gasteiger charge is 2.13. The molecule has 1 atom stereocenters. The molecular formula is C19H24N2O3. The lowest BCUT2D eigenvalue weighted by molar-refractivity contribution is -0.120. The van der Waals surface area contributed by atoms with Crippen LogP contribution in [0.3, 0.4) is 0 Å². The minimum atomic E-state index is -0.129. The van der Waals surface area contributed by atoms with Crippen LogP contribution >= 0.6 is 0 Å². The highest BCUT2D eigenvalue weighted by molar-refractivity contribution is 5.81. The third-order valence-corrected chi connectivity index (χ3v) is 3.60. The quantitative estimate of drug-likeness (QED) is 0.780. The molecule has 0 radical (unpaired) electrons. The van der Waals surface area contributed by atoms with Gasteiger partial charge in [-0.25, -0.2) is 0 Å². The first-order chi connectivity index (χ1) is 11.6. The second-order valence-corrected chi connectivity index (χ2v) is 5.34. The Hall–Kier alpha value is -2.69. The van der Waals surface area contributed by atoms with Gasteiger partial charge in [0.25, 0.3) is 0 Å². The number of benzene rings is 2. The molecule has 128 valence electrons. The summed E-state index contributed by atoms with van der Waals surface area (Å²) in [6.45, 7) is 4.72. The average molecular weight is 328 g/mol. The molecule has 0 aliphatic heterocycles. The first-order valence-corrected chi connectivity index (χ1v) is 8.03. The third kappa shape index (κ3) is 4.91. The lowest BCUT2D eigenvalue weighted by Crippen LogP contribution is -2.32. The van der Waals surface area contributed by atoms with Crippen LogP contribution in [-0.2, 0) is 4.79 Å². The molecule has 5 heteroatoms. The summed E-state index contributed by atoms with van der Waals surface area (Å²) in [6, 6.07) is 15.1. The van der Waals surface area contributed by atoms with Crippen LogP contribution in [0.2, 0.25) is 0 Å². The lowest BCUT2D eigenvalue weighted by Gasteiger charge is -2.17. The average Bonchev–Trinajstić information content (AvgIpc) is 2.61. The fourth-order valence-corrected chi connectivity index (χ4v) is 2.41. The predicted octanol–water partition coefficient (Wildman–Crippen LogP) is 3.38. The van der Waals surface area contributed by atoms with Crippen molar-refractivity contribution in [3.8, 4) is 11.5 Å². The molecule has 0 aromatic heterocycles. The fraction of sp³-hybridized carbons (Fsp3) is 0.316. The maximum Gasteiger partial charge on any atom is 0.239 e. The third-order valence-electron chi connectivity index (χ3n) is 3.60. The number of amides is 1. The van der Waals surface area contributed by atoms with Crippen LogP contribution in [0.1, 0.15) is 25.5 Å². The zero-order valence-corrected chi connectivity index (χ0v) is 14.3. The molecule has 1 unspecified atom stereocenters. The van der Waals surface area contributed by atoms with E-state index in [1.54, 1.807) is 7.11 Å². The number of rotatable bonds is 8. The van der Waals surface area contributed by atoms with E-state index in [4.69, 9.17) is 9.47 Å². The van der Waals surface area contributed by atoms with Crippen LogP contribution in [0.4, 0.5) is 5.69 Å². The molecule has 24 heavy (non-hydrogen) atoms. The first kappa shape index (κ1) is 17.7. The molecule has 0 heterocycles. The van der Waals surface area contributed by atoms with Crippen molar-refractivity contribution in [2.75, 3.05) is 25.6 Å². The van der Waals surface area contributed by atoms with Gasteiger partial charge in [-0.05, 0) is 44.2 Å². The molecular weight excluding hydrogens is 304 g/mol. The summed E-state index contributed by atoms with van der Waals surface area (Å²) in [5, 5.41) is 6.07. The van der Waals surface area contributed by atoms with Crippen molar-refractivity contribution in [2.45, 2.75) is 19.9 Å². The molecule has 0 aliphatic carbocycles. The Labute approximate surface area is 143 Å². The van der Waals surface area contributed by atoms with E-state index >= 15 is 0 Å². The van der Waals surface area contributed by atoms with Gasteiger partial charge in [0, 0.05) is 11.3 Å². The van der Waals surface area contributed by atoms with Crippen LogP contribution in [0.15, 0.2) is 48.5 Å². The van der Waals surface area contributed by atoms with E-state index in [0.717, 1.165) is 22.7 Å². The summed E-state index contributed by atoms with van der Waals surface area (Å²) in [6.07, 6.45) is 0. The molecule has 1 amide bonds. The van der Waals surface area contributed by atoms with E-state index in [-0.39, 0.29) is 18.5 Å². The van der Waals surface area contributed by atoms with Crippen molar-refractivity contribution in [3.63, 3.8) is 0 Å². The van der Waals surface area contributed by atoms with Crippen molar-refractivity contribution < 1.29 is 14.3 Å². The molecule has 0 aliphatic rings. The van der Waals surface area contributed by atoms with Gasteiger partial charge in [-0.1, -0.05) is 18.2 Å². The Morgan fingerprint density at radius 1 is 1.12 bits per heavy atom. The molecule has 0 saturated heterocycles. The van der Waals surface area contributed by atoms with Gasteiger partial charge >= 0.3 is 0 Å². The van der Waals surface area contributed by atoms with Crippen LogP contribution < -0.4 is 20.1 Å². The highest BCUT2D eigenvalue weighted by Crippen LogP contribution is 2.24. The second kappa shape index (κ2) is 8.82. The van der Waals surface area contributed by atoms with E-state index in [9.17, 15) is 4.79 Å². The Morgan fingerprint density at radius 2 is 1.83 bits per heavy atom. The molecule has 0 fully saturated rings. The molecule has 2 aromatic carbocycles. The number of methoxy groups -OCH3 is 1. The SMILES string of the molecule is CCOc1ccc(NCC(=O)NC(C)c2ccccc2OC)cc1. The number of hydrogen-bond donors (Lipinski definition) is 2. The topological polar surface area (TPSA) is 59.6 Å². The van der Waals surface area contributed by atoms with Crippen molar-refractivity contribution >= 4 is 11.6 Å². The molecule has 2 aromatic rings. The monoisotopic (exact) mass is 328 g/mol. The van der Waals surface area contributed by atoms with Crippen LogP contribution in [-0.4, -0.2) is 26.2 Å². The van der Waals surface area contributed by atoms with E-state index < -0.39 is 0 Å². The molecule has 5 nitrogen and oxygen atoms in total. The summed E-state index contributed by atoms with van der Waals surface area (Å²) in [4.78, 5) is 12.1. The van der Waals surface area contributed by atoms with Crippen molar-refractivity contribution in [1.82, 2.24) is 5.32 Å². The highest BCUT2D eigenvalue weighted by atomic mass is 16.5. The number of para-hydroxylation sites is 1. The standard InChI is InChI=1S/C19H24N2O3/c1-4-24-16-11-9-15(10-12-16)20-13-19(22)21-14(2)17-7-5-6-8-18(17)23-3/h5-12,14,20H,4,13H2,1-3H3,(H,21,22). The number of anilines is 1.